The Morgan fingerprint density at radius 2 is 2.47 bits per heavy atom. The Morgan fingerprint density at radius 3 is 3.20 bits per heavy atom. The number of aryl methyl sites for hydroxylation is 1. The fraction of sp³-hybridized carbons (Fsp3) is 0.583. The van der Waals surface area contributed by atoms with Gasteiger partial charge in [0, 0.05) is 17.8 Å². The quantitative estimate of drug-likeness (QED) is 0.820. The summed E-state index contributed by atoms with van der Waals surface area (Å²) >= 11 is 0. The topological polar surface area (TPSA) is 34.1 Å². The SMILES string of the molecule is Cc1cccnc1OCC1CCCCN1. The van der Waals surface area contributed by atoms with Gasteiger partial charge in [-0.15, -0.1) is 0 Å². The van der Waals surface area contributed by atoms with E-state index in [0.717, 1.165) is 24.6 Å². The van der Waals surface area contributed by atoms with Crippen molar-refractivity contribution >= 4 is 0 Å². The Labute approximate surface area is 90.9 Å². The summed E-state index contributed by atoms with van der Waals surface area (Å²) in [6, 6.07) is 4.46. The highest BCUT2D eigenvalue weighted by Gasteiger charge is 2.13. The van der Waals surface area contributed by atoms with Gasteiger partial charge in [0.25, 0.3) is 0 Å². The Morgan fingerprint density at radius 1 is 1.53 bits per heavy atom. The molecule has 1 aliphatic heterocycles. The molecule has 0 amide bonds. The third kappa shape index (κ3) is 2.93. The standard InChI is InChI=1S/C12H18N2O/c1-10-5-4-8-14-12(10)15-9-11-6-2-3-7-13-11/h4-5,8,11,13H,2-3,6-7,9H2,1H3. The van der Waals surface area contributed by atoms with Gasteiger partial charge < -0.3 is 10.1 Å². The zero-order valence-corrected chi connectivity index (χ0v) is 9.20. The van der Waals surface area contributed by atoms with Crippen molar-refractivity contribution in [1.82, 2.24) is 10.3 Å². The molecule has 1 aromatic rings. The van der Waals surface area contributed by atoms with Gasteiger partial charge in [0.05, 0.1) is 0 Å². The van der Waals surface area contributed by atoms with Crippen molar-refractivity contribution < 1.29 is 4.74 Å². The summed E-state index contributed by atoms with van der Waals surface area (Å²) in [6.07, 6.45) is 5.59. The van der Waals surface area contributed by atoms with Crippen LogP contribution in [0.25, 0.3) is 0 Å². The van der Waals surface area contributed by atoms with Gasteiger partial charge in [-0.2, -0.15) is 0 Å². The smallest absolute Gasteiger partial charge is 0.216 e. The average Bonchev–Trinajstić information content (AvgIpc) is 2.29. The zero-order valence-electron chi connectivity index (χ0n) is 9.20. The molecule has 2 rings (SSSR count). The molecule has 1 N–H and O–H groups in total. The maximum Gasteiger partial charge on any atom is 0.216 e. The van der Waals surface area contributed by atoms with Gasteiger partial charge in [-0.05, 0) is 32.4 Å². The number of ether oxygens (including phenoxy) is 1. The number of rotatable bonds is 3. The Hall–Kier alpha value is -1.09. The number of piperidine rings is 1. The van der Waals surface area contributed by atoms with Gasteiger partial charge in [-0.1, -0.05) is 12.5 Å². The molecule has 0 aromatic carbocycles. The summed E-state index contributed by atoms with van der Waals surface area (Å²) in [4.78, 5) is 4.21. The van der Waals surface area contributed by atoms with Crippen LogP contribution >= 0.6 is 0 Å². The molecular formula is C12H18N2O. The van der Waals surface area contributed by atoms with Crippen LogP contribution in [-0.4, -0.2) is 24.2 Å². The molecule has 1 fully saturated rings. The molecule has 1 aromatic heterocycles. The van der Waals surface area contributed by atoms with Crippen molar-refractivity contribution in [3.8, 4) is 5.88 Å². The predicted molar refractivity (Wildman–Crippen MR) is 60.1 cm³/mol. The number of aromatic nitrogens is 1. The first-order chi connectivity index (χ1) is 7.36. The predicted octanol–water partition coefficient (Wildman–Crippen LogP) is 1.91. The molecule has 82 valence electrons. The molecule has 1 atom stereocenters. The number of nitrogens with one attached hydrogen (secondary N) is 1. The van der Waals surface area contributed by atoms with E-state index in [9.17, 15) is 0 Å². The van der Waals surface area contributed by atoms with Crippen LogP contribution in [0.1, 0.15) is 24.8 Å². The molecule has 0 spiro atoms. The fourth-order valence-electron chi connectivity index (χ4n) is 1.87. The van der Waals surface area contributed by atoms with Crippen molar-refractivity contribution in [2.24, 2.45) is 0 Å². The minimum absolute atomic E-state index is 0.500. The molecule has 0 saturated carbocycles. The minimum atomic E-state index is 0.500. The van der Waals surface area contributed by atoms with Gasteiger partial charge in [0.1, 0.15) is 6.61 Å². The molecule has 3 heteroatoms. The maximum absolute atomic E-state index is 5.70. The summed E-state index contributed by atoms with van der Waals surface area (Å²) in [7, 11) is 0. The lowest BCUT2D eigenvalue weighted by Crippen LogP contribution is -2.38. The zero-order chi connectivity index (χ0) is 10.5. The minimum Gasteiger partial charge on any atom is -0.476 e. The Kier molecular flexibility index (Phi) is 3.56. The summed E-state index contributed by atoms with van der Waals surface area (Å²) in [5, 5.41) is 3.46. The van der Waals surface area contributed by atoms with E-state index in [-0.39, 0.29) is 0 Å². The lowest BCUT2D eigenvalue weighted by Gasteiger charge is -2.23. The molecule has 1 unspecified atom stereocenters. The van der Waals surface area contributed by atoms with E-state index in [1.807, 2.05) is 19.1 Å². The number of pyridine rings is 1. The van der Waals surface area contributed by atoms with Crippen molar-refractivity contribution in [3.05, 3.63) is 23.9 Å². The lowest BCUT2D eigenvalue weighted by atomic mass is 10.1. The van der Waals surface area contributed by atoms with Gasteiger partial charge >= 0.3 is 0 Å². The van der Waals surface area contributed by atoms with Crippen LogP contribution in [0.5, 0.6) is 5.88 Å². The molecule has 1 saturated heterocycles. The number of hydrogen-bond donors (Lipinski definition) is 1. The first kappa shape index (κ1) is 10.4. The highest BCUT2D eigenvalue weighted by atomic mass is 16.5. The second kappa shape index (κ2) is 5.12. The monoisotopic (exact) mass is 206 g/mol. The van der Waals surface area contributed by atoms with E-state index in [4.69, 9.17) is 4.74 Å². The second-order valence-corrected chi connectivity index (χ2v) is 4.08. The highest BCUT2D eigenvalue weighted by Crippen LogP contribution is 2.14. The molecule has 2 heterocycles. The molecule has 0 radical (unpaired) electrons. The van der Waals surface area contributed by atoms with Crippen molar-refractivity contribution in [3.63, 3.8) is 0 Å². The number of nitrogens with zero attached hydrogens (tertiary/aromatic N) is 1. The van der Waals surface area contributed by atoms with Crippen LogP contribution in [0.4, 0.5) is 0 Å². The van der Waals surface area contributed by atoms with Crippen LogP contribution in [0.2, 0.25) is 0 Å². The van der Waals surface area contributed by atoms with Crippen LogP contribution in [0.15, 0.2) is 18.3 Å². The molecule has 1 aliphatic rings. The molecule has 3 nitrogen and oxygen atoms in total. The molecule has 15 heavy (non-hydrogen) atoms. The summed E-state index contributed by atoms with van der Waals surface area (Å²) in [6.45, 7) is 3.88. The van der Waals surface area contributed by atoms with E-state index in [1.54, 1.807) is 6.20 Å². The highest BCUT2D eigenvalue weighted by molar-refractivity contribution is 5.23. The van der Waals surface area contributed by atoms with E-state index in [2.05, 4.69) is 10.3 Å². The fourth-order valence-corrected chi connectivity index (χ4v) is 1.87. The van der Waals surface area contributed by atoms with Crippen LogP contribution in [0.3, 0.4) is 0 Å². The van der Waals surface area contributed by atoms with Crippen molar-refractivity contribution in [2.45, 2.75) is 32.2 Å². The number of hydrogen-bond acceptors (Lipinski definition) is 3. The van der Waals surface area contributed by atoms with Gasteiger partial charge in [0.15, 0.2) is 0 Å². The molecular weight excluding hydrogens is 188 g/mol. The van der Waals surface area contributed by atoms with E-state index >= 15 is 0 Å². The van der Waals surface area contributed by atoms with E-state index in [1.165, 1.54) is 19.3 Å². The van der Waals surface area contributed by atoms with Crippen LogP contribution in [-0.2, 0) is 0 Å². The summed E-state index contributed by atoms with van der Waals surface area (Å²) in [5.74, 6) is 0.768. The second-order valence-electron chi connectivity index (χ2n) is 4.08. The largest absolute Gasteiger partial charge is 0.476 e. The van der Waals surface area contributed by atoms with Gasteiger partial charge in [-0.3, -0.25) is 0 Å². The van der Waals surface area contributed by atoms with Gasteiger partial charge in [-0.25, -0.2) is 4.98 Å². The van der Waals surface area contributed by atoms with E-state index in [0.29, 0.717) is 6.04 Å². The van der Waals surface area contributed by atoms with Crippen molar-refractivity contribution in [2.75, 3.05) is 13.2 Å². The Balaban J connectivity index is 1.84. The molecule has 0 bridgehead atoms. The van der Waals surface area contributed by atoms with E-state index < -0.39 is 0 Å². The molecule has 0 aliphatic carbocycles. The maximum atomic E-state index is 5.70. The van der Waals surface area contributed by atoms with Crippen LogP contribution in [0, 0.1) is 6.92 Å². The first-order valence-corrected chi connectivity index (χ1v) is 5.64. The summed E-state index contributed by atoms with van der Waals surface area (Å²) in [5.41, 5.74) is 1.10. The van der Waals surface area contributed by atoms with Crippen LogP contribution < -0.4 is 10.1 Å². The Bertz CT molecular complexity index is 308. The third-order valence-corrected chi connectivity index (χ3v) is 2.80. The lowest BCUT2D eigenvalue weighted by molar-refractivity contribution is 0.231. The van der Waals surface area contributed by atoms with Gasteiger partial charge in [0.2, 0.25) is 5.88 Å². The van der Waals surface area contributed by atoms with Crippen molar-refractivity contribution in [1.29, 1.82) is 0 Å². The third-order valence-electron chi connectivity index (χ3n) is 2.80. The first-order valence-electron chi connectivity index (χ1n) is 5.64. The normalized spacial score (nSPS) is 21.3. The average molecular weight is 206 g/mol. The summed E-state index contributed by atoms with van der Waals surface area (Å²) < 4.78 is 5.70.